The lowest BCUT2D eigenvalue weighted by Crippen LogP contribution is -2.31. The van der Waals surface area contributed by atoms with Crippen LogP contribution in [-0.2, 0) is 17.6 Å². The van der Waals surface area contributed by atoms with Gasteiger partial charge >= 0.3 is 0 Å². The maximum atomic E-state index is 11.6. The van der Waals surface area contributed by atoms with Gasteiger partial charge in [-0.1, -0.05) is 23.4 Å². The first-order chi connectivity index (χ1) is 12.7. The van der Waals surface area contributed by atoms with E-state index in [2.05, 4.69) is 21.9 Å². The van der Waals surface area contributed by atoms with Gasteiger partial charge in [0.1, 0.15) is 6.07 Å². The van der Waals surface area contributed by atoms with E-state index in [0.717, 1.165) is 29.4 Å². The molecule has 0 aliphatic heterocycles. The lowest BCUT2D eigenvalue weighted by atomic mass is 9.92. The highest BCUT2D eigenvalue weighted by Gasteiger charge is 2.17. The van der Waals surface area contributed by atoms with Crippen LogP contribution in [0, 0.1) is 11.3 Å². The van der Waals surface area contributed by atoms with Crippen molar-refractivity contribution in [3.63, 3.8) is 0 Å². The summed E-state index contributed by atoms with van der Waals surface area (Å²) in [6, 6.07) is 9.67. The second-order valence-corrected chi connectivity index (χ2v) is 6.23. The number of carbonyl (C=O) groups is 1. The number of nitrogens with zero attached hydrogens (tertiary/aromatic N) is 3. The molecule has 7 nitrogen and oxygen atoms in total. The number of pyridine rings is 1. The number of benzene rings is 1. The van der Waals surface area contributed by atoms with E-state index < -0.39 is 11.6 Å². The van der Waals surface area contributed by atoms with Crippen LogP contribution < -0.4 is 10.6 Å². The molecule has 27 heavy (non-hydrogen) atoms. The molecule has 1 aliphatic carbocycles. The molecule has 2 aromatic rings. The minimum atomic E-state index is -0.665. The van der Waals surface area contributed by atoms with E-state index in [0.29, 0.717) is 19.5 Å². The second kappa shape index (κ2) is 9.74. The number of para-hydroxylation sites is 1. The van der Waals surface area contributed by atoms with Crippen molar-refractivity contribution in [3.05, 3.63) is 35.5 Å². The summed E-state index contributed by atoms with van der Waals surface area (Å²) in [5.41, 5.74) is 4.10. The summed E-state index contributed by atoms with van der Waals surface area (Å²) in [4.78, 5) is 16.4. The number of oxime groups is 1. The molecular formula is C19H22ClN5O2. The molecule has 0 saturated carbocycles. The molecule has 1 aromatic heterocycles. The van der Waals surface area contributed by atoms with Crippen molar-refractivity contribution in [2.45, 2.75) is 32.1 Å². The summed E-state index contributed by atoms with van der Waals surface area (Å²) in [6.07, 6.45) is 5.08. The van der Waals surface area contributed by atoms with Gasteiger partial charge in [0, 0.05) is 29.9 Å². The Morgan fingerprint density at radius 1 is 1.26 bits per heavy atom. The number of aromatic nitrogens is 1. The highest BCUT2D eigenvalue weighted by atomic mass is 35.5. The fourth-order valence-corrected chi connectivity index (χ4v) is 3.28. The SMILES string of the molecule is Cl.N#CC(=NO)C(=O)NCCCNc1c2c(nc3ccccc13)CCCC2. The summed E-state index contributed by atoms with van der Waals surface area (Å²) in [7, 11) is 0. The number of fused-ring (bicyclic) bond motifs is 2. The van der Waals surface area contributed by atoms with Gasteiger partial charge in [0.05, 0.1) is 5.52 Å². The predicted molar refractivity (Wildman–Crippen MR) is 107 cm³/mol. The molecule has 142 valence electrons. The summed E-state index contributed by atoms with van der Waals surface area (Å²) in [5, 5.41) is 27.0. The van der Waals surface area contributed by atoms with Gasteiger partial charge in [-0.2, -0.15) is 5.26 Å². The second-order valence-electron chi connectivity index (χ2n) is 6.23. The Bertz CT molecular complexity index is 892. The van der Waals surface area contributed by atoms with Gasteiger partial charge in [0.25, 0.3) is 5.91 Å². The lowest BCUT2D eigenvalue weighted by molar-refractivity contribution is -0.114. The van der Waals surface area contributed by atoms with Crippen LogP contribution in [0.3, 0.4) is 0 Å². The average molecular weight is 388 g/mol. The Morgan fingerprint density at radius 3 is 2.81 bits per heavy atom. The molecule has 1 heterocycles. The zero-order valence-corrected chi connectivity index (χ0v) is 15.7. The van der Waals surface area contributed by atoms with Crippen LogP contribution >= 0.6 is 12.4 Å². The van der Waals surface area contributed by atoms with Crippen LogP contribution in [0.5, 0.6) is 0 Å². The topological polar surface area (TPSA) is 110 Å². The van der Waals surface area contributed by atoms with Gasteiger partial charge in [0.2, 0.25) is 5.71 Å². The van der Waals surface area contributed by atoms with E-state index in [-0.39, 0.29) is 12.4 Å². The largest absolute Gasteiger partial charge is 0.410 e. The molecule has 0 atom stereocenters. The molecule has 1 aromatic carbocycles. The van der Waals surface area contributed by atoms with Crippen LogP contribution in [0.2, 0.25) is 0 Å². The summed E-state index contributed by atoms with van der Waals surface area (Å²) in [5.74, 6) is -0.665. The third kappa shape index (κ3) is 4.66. The highest BCUT2D eigenvalue weighted by molar-refractivity contribution is 6.44. The first-order valence-corrected chi connectivity index (χ1v) is 8.79. The van der Waals surface area contributed by atoms with Crippen molar-refractivity contribution < 1.29 is 10.0 Å². The number of anilines is 1. The Hall–Kier alpha value is -2.85. The number of nitriles is 1. The van der Waals surface area contributed by atoms with Crippen molar-refractivity contribution in [1.82, 2.24) is 10.3 Å². The van der Waals surface area contributed by atoms with E-state index in [1.54, 1.807) is 0 Å². The van der Waals surface area contributed by atoms with Gasteiger partial charge in [-0.25, -0.2) is 0 Å². The van der Waals surface area contributed by atoms with Gasteiger partial charge in [-0.15, -0.1) is 12.4 Å². The number of amides is 1. The molecule has 1 amide bonds. The molecule has 8 heteroatoms. The summed E-state index contributed by atoms with van der Waals surface area (Å²) in [6.45, 7) is 1.07. The zero-order valence-electron chi connectivity index (χ0n) is 14.9. The van der Waals surface area contributed by atoms with E-state index in [4.69, 9.17) is 15.5 Å². The van der Waals surface area contributed by atoms with Crippen molar-refractivity contribution in [2.75, 3.05) is 18.4 Å². The zero-order chi connectivity index (χ0) is 18.4. The number of aryl methyl sites for hydroxylation is 1. The van der Waals surface area contributed by atoms with E-state index in [1.807, 2.05) is 18.2 Å². The number of nitrogens with one attached hydrogen (secondary N) is 2. The number of rotatable bonds is 6. The highest BCUT2D eigenvalue weighted by Crippen LogP contribution is 2.33. The normalized spacial score (nSPS) is 13.2. The molecule has 0 spiro atoms. The minimum Gasteiger partial charge on any atom is -0.410 e. The van der Waals surface area contributed by atoms with Crippen molar-refractivity contribution in [3.8, 4) is 6.07 Å². The molecule has 0 fully saturated rings. The van der Waals surface area contributed by atoms with Gasteiger partial charge in [-0.3, -0.25) is 9.78 Å². The van der Waals surface area contributed by atoms with Crippen LogP contribution in [0.4, 0.5) is 5.69 Å². The number of hydrogen-bond acceptors (Lipinski definition) is 6. The number of hydrogen-bond donors (Lipinski definition) is 3. The monoisotopic (exact) mass is 387 g/mol. The van der Waals surface area contributed by atoms with Crippen molar-refractivity contribution >= 4 is 40.6 Å². The van der Waals surface area contributed by atoms with Crippen LogP contribution in [0.25, 0.3) is 10.9 Å². The molecule has 0 radical (unpaired) electrons. The molecule has 3 N–H and O–H groups in total. The summed E-state index contributed by atoms with van der Waals surface area (Å²) < 4.78 is 0. The number of carbonyl (C=O) groups excluding carboxylic acids is 1. The lowest BCUT2D eigenvalue weighted by Gasteiger charge is -2.21. The Kier molecular flexibility index (Phi) is 7.38. The molecular weight excluding hydrogens is 366 g/mol. The van der Waals surface area contributed by atoms with Crippen molar-refractivity contribution in [2.24, 2.45) is 5.16 Å². The molecule has 3 rings (SSSR count). The maximum absolute atomic E-state index is 11.6. The predicted octanol–water partition coefficient (Wildman–Crippen LogP) is 2.81. The average Bonchev–Trinajstić information content (AvgIpc) is 2.68. The first kappa shape index (κ1) is 20.5. The standard InChI is InChI=1S/C19H21N5O2.ClH/c20-12-17(24-26)19(25)22-11-5-10-21-18-13-6-1-3-8-15(13)23-16-9-4-2-7-14(16)18;/h1,3,6,8,26H,2,4-5,7,9-11H2,(H,21,23)(H,22,25);1H. The van der Waals surface area contributed by atoms with Gasteiger partial charge < -0.3 is 15.8 Å². The number of halogens is 1. The fraction of sp³-hybridized carbons (Fsp3) is 0.368. The van der Waals surface area contributed by atoms with E-state index in [9.17, 15) is 4.79 Å². The smallest absolute Gasteiger partial charge is 0.284 e. The fourth-order valence-electron chi connectivity index (χ4n) is 3.28. The van der Waals surface area contributed by atoms with Crippen LogP contribution in [0.1, 0.15) is 30.5 Å². The quantitative estimate of drug-likeness (QED) is 0.305. The van der Waals surface area contributed by atoms with Crippen LogP contribution in [-0.4, -0.2) is 34.9 Å². The Balaban J connectivity index is 0.00000261. The molecule has 0 saturated heterocycles. The Morgan fingerprint density at radius 2 is 2.04 bits per heavy atom. The van der Waals surface area contributed by atoms with Crippen molar-refractivity contribution in [1.29, 1.82) is 5.26 Å². The van der Waals surface area contributed by atoms with E-state index >= 15 is 0 Å². The third-order valence-corrected chi connectivity index (χ3v) is 4.53. The Labute approximate surface area is 163 Å². The van der Waals surface area contributed by atoms with E-state index in [1.165, 1.54) is 30.2 Å². The van der Waals surface area contributed by atoms with Gasteiger partial charge in [0.15, 0.2) is 0 Å². The summed E-state index contributed by atoms with van der Waals surface area (Å²) >= 11 is 0. The van der Waals surface area contributed by atoms with Crippen LogP contribution in [0.15, 0.2) is 29.4 Å². The first-order valence-electron chi connectivity index (χ1n) is 8.79. The maximum Gasteiger partial charge on any atom is 0.284 e. The van der Waals surface area contributed by atoms with Gasteiger partial charge in [-0.05, 0) is 43.7 Å². The molecule has 0 bridgehead atoms. The minimum absolute atomic E-state index is 0. The third-order valence-electron chi connectivity index (χ3n) is 4.53. The molecule has 0 unspecified atom stereocenters. The molecule has 1 aliphatic rings.